The van der Waals surface area contributed by atoms with Gasteiger partial charge in [-0.05, 0) is 41.5 Å². The van der Waals surface area contributed by atoms with Gasteiger partial charge in [0.25, 0.3) is 0 Å². The summed E-state index contributed by atoms with van der Waals surface area (Å²) in [4.78, 5) is 8.33. The molecule has 0 aliphatic rings. The molecule has 94 valence electrons. The van der Waals surface area contributed by atoms with Gasteiger partial charge in [-0.1, -0.05) is 24.3 Å². The monoisotopic (exact) mass is 296 g/mol. The molecule has 0 saturated heterocycles. The number of rotatable bonds is 1. The summed E-state index contributed by atoms with van der Waals surface area (Å²) in [5.41, 5.74) is 1.76. The second-order valence-corrected chi connectivity index (χ2v) is 3.26. The van der Waals surface area contributed by atoms with Crippen LogP contribution in [0.3, 0.4) is 0 Å². The Morgan fingerprint density at radius 3 is 1.10 bits per heavy atom. The molecule has 0 bridgehead atoms. The summed E-state index contributed by atoms with van der Waals surface area (Å²) < 4.78 is 25.2. The average molecular weight is 296 g/mol. The standard InChI is InChI=1S/C12H8F2.CH2O3.2Na/c13-11-5-1-9(2-6-11)10-3-7-12(14)8-4-10;2-1(3)4;;/h1-8H;(H2,2,3,4);;/q;;2*+1/p-2. The van der Waals surface area contributed by atoms with E-state index in [4.69, 9.17) is 15.0 Å². The van der Waals surface area contributed by atoms with Gasteiger partial charge in [0.15, 0.2) is 0 Å². The van der Waals surface area contributed by atoms with Crippen LogP contribution in [0.15, 0.2) is 48.5 Å². The first kappa shape index (κ1) is 21.9. The molecule has 3 nitrogen and oxygen atoms in total. The molecule has 0 fully saturated rings. The van der Waals surface area contributed by atoms with Crippen LogP contribution in [0.4, 0.5) is 13.6 Å². The average Bonchev–Trinajstić information content (AvgIpc) is 2.31. The molecule has 2 aromatic carbocycles. The fourth-order valence-electron chi connectivity index (χ4n) is 1.28. The summed E-state index contributed by atoms with van der Waals surface area (Å²) in [6.07, 6.45) is -2.33. The van der Waals surface area contributed by atoms with E-state index in [2.05, 4.69) is 0 Å². The van der Waals surface area contributed by atoms with Crippen molar-refractivity contribution >= 4 is 6.16 Å². The van der Waals surface area contributed by atoms with Crippen molar-refractivity contribution in [3.05, 3.63) is 60.2 Å². The van der Waals surface area contributed by atoms with Gasteiger partial charge in [0.1, 0.15) is 11.6 Å². The van der Waals surface area contributed by atoms with Crippen LogP contribution >= 0.6 is 0 Å². The van der Waals surface area contributed by atoms with Gasteiger partial charge in [-0.15, -0.1) is 0 Å². The Morgan fingerprint density at radius 2 is 0.900 bits per heavy atom. The van der Waals surface area contributed by atoms with Gasteiger partial charge in [-0.25, -0.2) is 8.78 Å². The summed E-state index contributed by atoms with van der Waals surface area (Å²) >= 11 is 0. The second kappa shape index (κ2) is 11.3. The summed E-state index contributed by atoms with van der Waals surface area (Å²) in [5, 5.41) is 16.7. The van der Waals surface area contributed by atoms with Gasteiger partial charge in [0, 0.05) is 0 Å². The van der Waals surface area contributed by atoms with E-state index < -0.39 is 6.16 Å². The van der Waals surface area contributed by atoms with Crippen LogP contribution in [0, 0.1) is 11.6 Å². The van der Waals surface area contributed by atoms with Gasteiger partial charge in [0.2, 0.25) is 0 Å². The number of halogens is 2. The number of carbonyl (C=O) groups is 1. The maximum absolute atomic E-state index is 12.6. The third-order valence-corrected chi connectivity index (χ3v) is 2.02. The van der Waals surface area contributed by atoms with Crippen LogP contribution in [0.2, 0.25) is 0 Å². The van der Waals surface area contributed by atoms with E-state index >= 15 is 0 Å². The molecule has 0 aliphatic carbocycles. The van der Waals surface area contributed by atoms with Gasteiger partial charge >= 0.3 is 59.1 Å². The van der Waals surface area contributed by atoms with Gasteiger partial charge in [0.05, 0.1) is 0 Å². The fourth-order valence-corrected chi connectivity index (χ4v) is 1.28. The summed E-state index contributed by atoms with van der Waals surface area (Å²) in [6.45, 7) is 0. The Morgan fingerprint density at radius 1 is 0.700 bits per heavy atom. The zero-order valence-electron chi connectivity index (χ0n) is 11.1. The maximum atomic E-state index is 12.6. The Labute approximate surface area is 159 Å². The first-order valence-electron chi connectivity index (χ1n) is 4.88. The second-order valence-electron chi connectivity index (χ2n) is 3.26. The van der Waals surface area contributed by atoms with Crippen molar-refractivity contribution in [1.82, 2.24) is 0 Å². The van der Waals surface area contributed by atoms with Crippen LogP contribution in [0.1, 0.15) is 0 Å². The van der Waals surface area contributed by atoms with Crippen molar-refractivity contribution in [2.24, 2.45) is 0 Å². The summed E-state index contributed by atoms with van der Waals surface area (Å²) in [5.74, 6) is -0.535. The Bertz CT molecular complexity index is 469. The Kier molecular flexibility index (Phi) is 12.3. The number of benzene rings is 2. The number of carboxylic acid groups (broad SMARTS) is 2. The normalized spacial score (nSPS) is 8.30. The Hall–Kier alpha value is -0.430. The fraction of sp³-hybridized carbons (Fsp3) is 0. The van der Waals surface area contributed by atoms with Crippen LogP contribution < -0.4 is 69.3 Å². The molecule has 0 unspecified atom stereocenters. The number of hydrogen-bond acceptors (Lipinski definition) is 3. The zero-order valence-corrected chi connectivity index (χ0v) is 15.1. The first-order valence-corrected chi connectivity index (χ1v) is 4.88. The first-order chi connectivity index (χ1) is 8.49. The predicted molar refractivity (Wildman–Crippen MR) is 57.2 cm³/mol. The van der Waals surface area contributed by atoms with E-state index in [1.165, 1.54) is 24.3 Å². The molecule has 0 heterocycles. The van der Waals surface area contributed by atoms with E-state index in [1.54, 1.807) is 24.3 Å². The van der Waals surface area contributed by atoms with E-state index in [-0.39, 0.29) is 70.7 Å². The minimum Gasteiger partial charge on any atom is -0.652 e. The van der Waals surface area contributed by atoms with Crippen molar-refractivity contribution in [3.8, 4) is 11.1 Å². The summed E-state index contributed by atoms with van der Waals surface area (Å²) in [6, 6.07) is 12.2. The van der Waals surface area contributed by atoms with E-state index in [1.807, 2.05) is 0 Å². The number of hydrogen-bond donors (Lipinski definition) is 0. The quantitative estimate of drug-likeness (QED) is 0.496. The molecule has 0 atom stereocenters. The van der Waals surface area contributed by atoms with E-state index in [0.717, 1.165) is 11.1 Å². The number of carbonyl (C=O) groups excluding carboxylic acids is 1. The smallest absolute Gasteiger partial charge is 0.652 e. The third kappa shape index (κ3) is 8.68. The molecule has 0 radical (unpaired) electrons. The van der Waals surface area contributed by atoms with Gasteiger partial charge in [-0.2, -0.15) is 0 Å². The maximum Gasteiger partial charge on any atom is 1.00 e. The third-order valence-electron chi connectivity index (χ3n) is 2.02. The molecule has 0 spiro atoms. The van der Waals surface area contributed by atoms with Crippen LogP contribution in [-0.2, 0) is 0 Å². The molecule has 0 aromatic heterocycles. The van der Waals surface area contributed by atoms with E-state index in [9.17, 15) is 8.78 Å². The van der Waals surface area contributed by atoms with Crippen molar-refractivity contribution in [1.29, 1.82) is 0 Å². The van der Waals surface area contributed by atoms with Crippen LogP contribution in [0.5, 0.6) is 0 Å². The minimum atomic E-state index is -2.33. The van der Waals surface area contributed by atoms with Crippen LogP contribution in [-0.4, -0.2) is 6.16 Å². The molecule has 2 aromatic rings. The molecule has 20 heavy (non-hydrogen) atoms. The molecule has 0 aliphatic heterocycles. The van der Waals surface area contributed by atoms with Crippen molar-refractivity contribution in [2.45, 2.75) is 0 Å². The molecular weight excluding hydrogens is 288 g/mol. The largest absolute Gasteiger partial charge is 1.00 e. The minimum absolute atomic E-state index is 0. The molecule has 7 heteroatoms. The molecule has 2 rings (SSSR count). The molecular formula is C13H8F2Na2O3. The van der Waals surface area contributed by atoms with Crippen molar-refractivity contribution < 1.29 is 82.9 Å². The predicted octanol–water partition coefficient (Wildman–Crippen LogP) is -4.81. The van der Waals surface area contributed by atoms with Gasteiger partial charge in [-0.3, -0.25) is 0 Å². The zero-order chi connectivity index (χ0) is 13.5. The Balaban J connectivity index is 0. The van der Waals surface area contributed by atoms with Crippen molar-refractivity contribution in [2.75, 3.05) is 0 Å². The van der Waals surface area contributed by atoms with Crippen LogP contribution in [0.25, 0.3) is 11.1 Å². The van der Waals surface area contributed by atoms with Gasteiger partial charge < -0.3 is 15.0 Å². The molecule has 0 N–H and O–H groups in total. The van der Waals surface area contributed by atoms with E-state index in [0.29, 0.717) is 0 Å². The van der Waals surface area contributed by atoms with Crippen molar-refractivity contribution in [3.63, 3.8) is 0 Å². The SMILES string of the molecule is Fc1ccc(-c2ccc(F)cc2)cc1.O=C([O-])[O-].[Na+].[Na+]. The topological polar surface area (TPSA) is 63.2 Å². The molecule has 0 saturated carbocycles. The molecule has 0 amide bonds. The summed E-state index contributed by atoms with van der Waals surface area (Å²) in [7, 11) is 0.